The molecule has 0 fully saturated rings. The van der Waals surface area contributed by atoms with E-state index < -0.39 is 6.03 Å². The highest BCUT2D eigenvalue weighted by Crippen LogP contribution is 2.22. The quantitative estimate of drug-likeness (QED) is 0.804. The lowest BCUT2D eigenvalue weighted by atomic mass is 10.0. The van der Waals surface area contributed by atoms with E-state index in [1.807, 2.05) is 17.4 Å². The highest BCUT2D eigenvalue weighted by molar-refractivity contribution is 7.99. The van der Waals surface area contributed by atoms with E-state index in [2.05, 4.69) is 26.0 Å². The fourth-order valence-electron chi connectivity index (χ4n) is 1.41. The molecule has 1 aromatic carbocycles. The number of carbonyl (C=O) groups excluding carboxylic acids is 2. The highest BCUT2D eigenvalue weighted by atomic mass is 32.2. The second-order valence-corrected chi connectivity index (χ2v) is 5.40. The molecular weight excluding hydrogens is 248 g/mol. The smallest absolute Gasteiger partial charge is 0.318 e. The SMILES string of the molecule is CC(C)c1ccc(SCCC(=O)NC(N)=O)cc1. The molecule has 0 radical (unpaired) electrons. The summed E-state index contributed by atoms with van der Waals surface area (Å²) >= 11 is 1.58. The molecule has 0 heterocycles. The molecule has 4 nitrogen and oxygen atoms in total. The lowest BCUT2D eigenvalue weighted by Gasteiger charge is -2.06. The molecule has 0 unspecified atom stereocenters. The van der Waals surface area contributed by atoms with Crippen LogP contribution in [0.2, 0.25) is 0 Å². The Bertz CT molecular complexity index is 416. The van der Waals surface area contributed by atoms with Crippen molar-refractivity contribution in [1.29, 1.82) is 0 Å². The number of amides is 3. The number of nitrogens with one attached hydrogen (secondary N) is 1. The summed E-state index contributed by atoms with van der Waals surface area (Å²) in [5.74, 6) is 0.805. The zero-order chi connectivity index (χ0) is 13.5. The molecule has 3 amide bonds. The van der Waals surface area contributed by atoms with Crippen LogP contribution in [0.15, 0.2) is 29.2 Å². The number of benzene rings is 1. The van der Waals surface area contributed by atoms with Gasteiger partial charge in [0, 0.05) is 17.1 Å². The number of carbonyl (C=O) groups is 2. The van der Waals surface area contributed by atoms with E-state index in [1.54, 1.807) is 11.8 Å². The second kappa shape index (κ2) is 7.06. The molecule has 0 saturated carbocycles. The van der Waals surface area contributed by atoms with Crippen molar-refractivity contribution in [3.8, 4) is 0 Å². The van der Waals surface area contributed by atoms with Crippen molar-refractivity contribution in [2.75, 3.05) is 5.75 Å². The largest absolute Gasteiger partial charge is 0.351 e. The van der Waals surface area contributed by atoms with Crippen LogP contribution in [-0.2, 0) is 4.79 Å². The monoisotopic (exact) mass is 266 g/mol. The van der Waals surface area contributed by atoms with Crippen molar-refractivity contribution >= 4 is 23.7 Å². The third kappa shape index (κ3) is 5.23. The Balaban J connectivity index is 2.35. The summed E-state index contributed by atoms with van der Waals surface area (Å²) in [5.41, 5.74) is 6.14. The normalized spacial score (nSPS) is 10.4. The van der Waals surface area contributed by atoms with Crippen LogP contribution >= 0.6 is 11.8 Å². The van der Waals surface area contributed by atoms with Crippen LogP contribution in [0.25, 0.3) is 0 Å². The van der Waals surface area contributed by atoms with Crippen molar-refractivity contribution < 1.29 is 9.59 Å². The predicted octanol–water partition coefficient (Wildman–Crippen LogP) is 2.49. The number of imide groups is 1. The summed E-state index contributed by atoms with van der Waals surface area (Å²) < 4.78 is 0. The van der Waals surface area contributed by atoms with E-state index in [0.29, 0.717) is 11.7 Å². The van der Waals surface area contributed by atoms with Gasteiger partial charge in [-0.2, -0.15) is 0 Å². The predicted molar refractivity (Wildman–Crippen MR) is 73.6 cm³/mol. The van der Waals surface area contributed by atoms with Gasteiger partial charge < -0.3 is 5.73 Å². The van der Waals surface area contributed by atoms with Crippen molar-refractivity contribution in [1.82, 2.24) is 5.32 Å². The van der Waals surface area contributed by atoms with Gasteiger partial charge in [-0.15, -0.1) is 11.8 Å². The number of hydrogen-bond acceptors (Lipinski definition) is 3. The van der Waals surface area contributed by atoms with Crippen LogP contribution < -0.4 is 11.1 Å². The summed E-state index contributed by atoms with van der Waals surface area (Å²) in [5, 5.41) is 2.04. The summed E-state index contributed by atoms with van der Waals surface area (Å²) in [7, 11) is 0. The molecule has 1 rings (SSSR count). The highest BCUT2D eigenvalue weighted by Gasteiger charge is 2.04. The molecule has 0 saturated heterocycles. The minimum absolute atomic E-state index is 0.277. The average molecular weight is 266 g/mol. The average Bonchev–Trinajstić information content (AvgIpc) is 2.28. The van der Waals surface area contributed by atoms with E-state index >= 15 is 0 Å². The first kappa shape index (κ1) is 14.6. The van der Waals surface area contributed by atoms with Crippen LogP contribution in [0, 0.1) is 0 Å². The maximum Gasteiger partial charge on any atom is 0.318 e. The zero-order valence-electron chi connectivity index (χ0n) is 10.6. The summed E-state index contributed by atoms with van der Waals surface area (Å²) in [6, 6.07) is 7.48. The first-order valence-corrected chi connectivity index (χ1v) is 6.79. The minimum Gasteiger partial charge on any atom is -0.351 e. The molecule has 98 valence electrons. The standard InChI is InChI=1S/C13H18N2O2S/c1-9(2)10-3-5-11(6-4-10)18-8-7-12(16)15-13(14)17/h3-6,9H,7-8H2,1-2H3,(H3,14,15,16,17). The van der Waals surface area contributed by atoms with Gasteiger partial charge >= 0.3 is 6.03 Å². The van der Waals surface area contributed by atoms with Crippen LogP contribution in [-0.4, -0.2) is 17.7 Å². The molecule has 0 spiro atoms. The summed E-state index contributed by atoms with van der Waals surface area (Å²) in [4.78, 5) is 22.7. The van der Waals surface area contributed by atoms with Gasteiger partial charge in [-0.3, -0.25) is 10.1 Å². The fourth-order valence-corrected chi connectivity index (χ4v) is 2.26. The number of rotatable bonds is 5. The molecule has 18 heavy (non-hydrogen) atoms. The van der Waals surface area contributed by atoms with E-state index in [1.165, 1.54) is 5.56 Å². The number of hydrogen-bond donors (Lipinski definition) is 2. The van der Waals surface area contributed by atoms with Gasteiger partial charge in [0.1, 0.15) is 0 Å². The van der Waals surface area contributed by atoms with Gasteiger partial charge in [-0.25, -0.2) is 4.79 Å². The molecule has 0 aromatic heterocycles. The topological polar surface area (TPSA) is 72.2 Å². The van der Waals surface area contributed by atoms with Crippen molar-refractivity contribution in [2.24, 2.45) is 5.73 Å². The van der Waals surface area contributed by atoms with Crippen molar-refractivity contribution in [3.63, 3.8) is 0 Å². The van der Waals surface area contributed by atoms with Crippen LogP contribution in [0.3, 0.4) is 0 Å². The Morgan fingerprint density at radius 3 is 2.39 bits per heavy atom. The summed E-state index contributed by atoms with van der Waals surface area (Å²) in [6.07, 6.45) is 0.277. The minimum atomic E-state index is -0.800. The molecule has 0 aliphatic heterocycles. The fraction of sp³-hybridized carbons (Fsp3) is 0.385. The van der Waals surface area contributed by atoms with Gasteiger partial charge in [0.05, 0.1) is 0 Å². The van der Waals surface area contributed by atoms with E-state index in [-0.39, 0.29) is 12.3 Å². The number of urea groups is 1. The van der Waals surface area contributed by atoms with Crippen molar-refractivity contribution in [2.45, 2.75) is 31.1 Å². The number of primary amides is 1. The Kier molecular flexibility index (Phi) is 5.71. The van der Waals surface area contributed by atoms with Gasteiger partial charge in [-0.1, -0.05) is 26.0 Å². The first-order chi connectivity index (χ1) is 8.49. The maximum atomic E-state index is 11.2. The van der Waals surface area contributed by atoms with Crippen LogP contribution in [0.4, 0.5) is 4.79 Å². The van der Waals surface area contributed by atoms with E-state index in [0.717, 1.165) is 4.90 Å². The number of thioether (sulfide) groups is 1. The number of nitrogens with two attached hydrogens (primary N) is 1. The van der Waals surface area contributed by atoms with Gasteiger partial charge in [0.25, 0.3) is 0 Å². The molecular formula is C13H18N2O2S. The zero-order valence-corrected chi connectivity index (χ0v) is 11.4. The Morgan fingerprint density at radius 1 is 1.28 bits per heavy atom. The van der Waals surface area contributed by atoms with E-state index in [4.69, 9.17) is 5.73 Å². The first-order valence-electron chi connectivity index (χ1n) is 5.81. The summed E-state index contributed by atoms with van der Waals surface area (Å²) in [6.45, 7) is 4.30. The molecule has 5 heteroatoms. The molecule has 0 aliphatic rings. The van der Waals surface area contributed by atoms with Gasteiger partial charge in [-0.05, 0) is 23.6 Å². The van der Waals surface area contributed by atoms with E-state index in [9.17, 15) is 9.59 Å². The third-order valence-corrected chi connectivity index (χ3v) is 3.42. The molecule has 3 N–H and O–H groups in total. The molecule has 1 aromatic rings. The molecule has 0 atom stereocenters. The van der Waals surface area contributed by atoms with Gasteiger partial charge in [0.2, 0.25) is 5.91 Å². The van der Waals surface area contributed by atoms with Crippen molar-refractivity contribution in [3.05, 3.63) is 29.8 Å². The maximum absolute atomic E-state index is 11.2. The third-order valence-electron chi connectivity index (χ3n) is 2.41. The Labute approximate surface area is 111 Å². The molecule has 0 bridgehead atoms. The molecule has 0 aliphatic carbocycles. The van der Waals surface area contributed by atoms with Crippen LogP contribution in [0.1, 0.15) is 31.7 Å². The lowest BCUT2D eigenvalue weighted by Crippen LogP contribution is -2.35. The second-order valence-electron chi connectivity index (χ2n) is 4.23. The van der Waals surface area contributed by atoms with Crippen LogP contribution in [0.5, 0.6) is 0 Å². The lowest BCUT2D eigenvalue weighted by molar-refractivity contribution is -0.119. The Morgan fingerprint density at radius 2 is 1.89 bits per heavy atom. The van der Waals surface area contributed by atoms with Gasteiger partial charge in [0.15, 0.2) is 0 Å². The Hall–Kier alpha value is -1.49.